The Morgan fingerprint density at radius 1 is 1.27 bits per heavy atom. The summed E-state index contributed by atoms with van der Waals surface area (Å²) >= 11 is 0. The fourth-order valence-corrected chi connectivity index (χ4v) is 4.48. The normalized spacial score (nSPS) is 22.7. The van der Waals surface area contributed by atoms with Crippen molar-refractivity contribution in [2.45, 2.75) is 57.0 Å². The van der Waals surface area contributed by atoms with Crippen LogP contribution in [0.1, 0.15) is 44.1 Å². The SMILES string of the molecule is COc1ccc2ncc(F)c(CC(N)C3CCC(NCC4=NC=CCC4)CC3)c2n1. The van der Waals surface area contributed by atoms with Crippen molar-refractivity contribution in [1.29, 1.82) is 0 Å². The molecule has 2 aliphatic rings. The summed E-state index contributed by atoms with van der Waals surface area (Å²) < 4.78 is 19.8. The summed E-state index contributed by atoms with van der Waals surface area (Å²) in [5, 5.41) is 3.65. The number of halogens is 1. The molecular formula is C23H30FN5O. The van der Waals surface area contributed by atoms with Crippen molar-refractivity contribution in [3.05, 3.63) is 42.0 Å². The fourth-order valence-electron chi connectivity index (χ4n) is 4.48. The molecule has 0 radical (unpaired) electrons. The van der Waals surface area contributed by atoms with Gasteiger partial charge in [-0.3, -0.25) is 9.98 Å². The van der Waals surface area contributed by atoms with E-state index in [0.29, 0.717) is 40.9 Å². The molecule has 2 aromatic rings. The van der Waals surface area contributed by atoms with Crippen molar-refractivity contribution in [3.63, 3.8) is 0 Å². The first-order valence-electron chi connectivity index (χ1n) is 10.8. The third-order valence-electron chi connectivity index (χ3n) is 6.32. The maximum absolute atomic E-state index is 14.6. The molecule has 1 unspecified atom stereocenters. The van der Waals surface area contributed by atoms with Gasteiger partial charge in [0.2, 0.25) is 5.88 Å². The van der Waals surface area contributed by atoms with Crippen LogP contribution in [0.2, 0.25) is 0 Å². The molecule has 0 spiro atoms. The van der Waals surface area contributed by atoms with E-state index < -0.39 is 0 Å². The Balaban J connectivity index is 1.36. The van der Waals surface area contributed by atoms with Crippen LogP contribution in [-0.2, 0) is 6.42 Å². The monoisotopic (exact) mass is 411 g/mol. The molecule has 3 N–H and O–H groups in total. The zero-order valence-corrected chi connectivity index (χ0v) is 17.5. The molecule has 0 bridgehead atoms. The quantitative estimate of drug-likeness (QED) is 0.728. The predicted molar refractivity (Wildman–Crippen MR) is 117 cm³/mol. The standard InChI is InChI=1S/C23H30FN5O/c1-30-22-10-9-21-23(29-22)18(19(24)14-28-21)12-20(25)15-5-7-16(8-6-15)27-13-17-4-2-3-11-26-17/h3,9-11,14-16,20,27H,2,4-8,12-13,25H2,1H3. The van der Waals surface area contributed by atoms with Gasteiger partial charge in [0.25, 0.3) is 0 Å². The minimum atomic E-state index is -0.351. The van der Waals surface area contributed by atoms with E-state index in [2.05, 4.69) is 26.4 Å². The van der Waals surface area contributed by atoms with E-state index in [9.17, 15) is 4.39 Å². The van der Waals surface area contributed by atoms with Crippen LogP contribution < -0.4 is 15.8 Å². The molecule has 7 heteroatoms. The van der Waals surface area contributed by atoms with E-state index in [-0.39, 0.29) is 11.9 Å². The number of ether oxygens (including phenoxy) is 1. The number of rotatable bonds is 7. The van der Waals surface area contributed by atoms with Crippen molar-refractivity contribution in [3.8, 4) is 5.88 Å². The predicted octanol–water partition coefficient (Wildman–Crippen LogP) is 3.54. The van der Waals surface area contributed by atoms with Crippen LogP contribution in [0.3, 0.4) is 0 Å². The number of nitrogens with zero attached hydrogens (tertiary/aromatic N) is 3. The lowest BCUT2D eigenvalue weighted by molar-refractivity contribution is 0.261. The Morgan fingerprint density at radius 3 is 2.83 bits per heavy atom. The van der Waals surface area contributed by atoms with Crippen molar-refractivity contribution >= 4 is 16.7 Å². The van der Waals surface area contributed by atoms with Crippen LogP contribution in [0.25, 0.3) is 11.0 Å². The summed E-state index contributed by atoms with van der Waals surface area (Å²) in [6.45, 7) is 0.868. The van der Waals surface area contributed by atoms with Gasteiger partial charge in [0, 0.05) is 42.2 Å². The Morgan fingerprint density at radius 2 is 2.10 bits per heavy atom. The topological polar surface area (TPSA) is 85.4 Å². The van der Waals surface area contributed by atoms with Gasteiger partial charge in [0.15, 0.2) is 0 Å². The van der Waals surface area contributed by atoms with Gasteiger partial charge < -0.3 is 15.8 Å². The molecule has 4 rings (SSSR count). The number of hydrogen-bond donors (Lipinski definition) is 2. The molecule has 3 heterocycles. The number of nitrogens with one attached hydrogen (secondary N) is 1. The van der Waals surface area contributed by atoms with Gasteiger partial charge in [-0.1, -0.05) is 6.08 Å². The molecule has 0 amide bonds. The first-order chi connectivity index (χ1) is 14.6. The Hall–Kier alpha value is -2.38. The summed E-state index contributed by atoms with van der Waals surface area (Å²) in [6.07, 6.45) is 12.1. The minimum Gasteiger partial charge on any atom is -0.481 e. The lowest BCUT2D eigenvalue weighted by Gasteiger charge is -2.33. The van der Waals surface area contributed by atoms with Crippen LogP contribution in [0.15, 0.2) is 35.6 Å². The number of pyridine rings is 2. The molecule has 160 valence electrons. The highest BCUT2D eigenvalue weighted by Gasteiger charge is 2.27. The van der Waals surface area contributed by atoms with Gasteiger partial charge in [-0.05, 0) is 56.9 Å². The summed E-state index contributed by atoms with van der Waals surface area (Å²) in [7, 11) is 1.55. The second kappa shape index (κ2) is 9.62. The number of hydrogen-bond acceptors (Lipinski definition) is 6. The number of fused-ring (bicyclic) bond motifs is 1. The summed E-state index contributed by atoms with van der Waals surface area (Å²) in [5.41, 5.74) is 9.53. The minimum absolute atomic E-state index is 0.105. The maximum Gasteiger partial charge on any atom is 0.213 e. The molecule has 1 aliphatic heterocycles. The highest BCUT2D eigenvalue weighted by atomic mass is 19.1. The van der Waals surface area contributed by atoms with Gasteiger partial charge in [-0.25, -0.2) is 9.37 Å². The molecule has 1 atom stereocenters. The van der Waals surface area contributed by atoms with E-state index in [4.69, 9.17) is 10.5 Å². The number of nitrogens with two attached hydrogens (primary N) is 1. The number of aromatic nitrogens is 2. The third-order valence-corrected chi connectivity index (χ3v) is 6.32. The number of allylic oxidation sites excluding steroid dienone is 1. The van der Waals surface area contributed by atoms with Crippen LogP contribution in [-0.4, -0.2) is 41.4 Å². The van der Waals surface area contributed by atoms with Gasteiger partial charge in [-0.2, -0.15) is 0 Å². The molecule has 1 aliphatic carbocycles. The second-order valence-corrected chi connectivity index (χ2v) is 8.29. The summed E-state index contributed by atoms with van der Waals surface area (Å²) in [4.78, 5) is 13.0. The lowest BCUT2D eigenvalue weighted by Crippen LogP contribution is -2.41. The smallest absolute Gasteiger partial charge is 0.213 e. The van der Waals surface area contributed by atoms with Crippen LogP contribution in [0.5, 0.6) is 5.88 Å². The largest absolute Gasteiger partial charge is 0.481 e. The molecule has 6 nitrogen and oxygen atoms in total. The van der Waals surface area contributed by atoms with Crippen LogP contribution in [0.4, 0.5) is 4.39 Å². The van der Waals surface area contributed by atoms with Gasteiger partial charge in [-0.15, -0.1) is 0 Å². The van der Waals surface area contributed by atoms with E-state index in [1.54, 1.807) is 19.2 Å². The zero-order valence-electron chi connectivity index (χ0n) is 17.5. The van der Waals surface area contributed by atoms with Crippen molar-refractivity contribution in [1.82, 2.24) is 15.3 Å². The van der Waals surface area contributed by atoms with Crippen LogP contribution in [0, 0.1) is 11.7 Å². The third kappa shape index (κ3) is 4.84. The Kier molecular flexibility index (Phi) is 6.69. The Bertz CT molecular complexity index is 937. The zero-order chi connectivity index (χ0) is 20.9. The lowest BCUT2D eigenvalue weighted by atomic mass is 9.80. The molecule has 0 saturated heterocycles. The average Bonchev–Trinajstić information content (AvgIpc) is 2.80. The van der Waals surface area contributed by atoms with Gasteiger partial charge in [0.1, 0.15) is 5.82 Å². The van der Waals surface area contributed by atoms with Crippen molar-refractivity contribution in [2.75, 3.05) is 13.7 Å². The van der Waals surface area contributed by atoms with E-state index in [1.807, 2.05) is 6.20 Å². The Labute approximate surface area is 176 Å². The fraction of sp³-hybridized carbons (Fsp3) is 0.522. The highest BCUT2D eigenvalue weighted by Crippen LogP contribution is 2.29. The molecule has 0 aromatic carbocycles. The molecule has 1 fully saturated rings. The van der Waals surface area contributed by atoms with Crippen LogP contribution >= 0.6 is 0 Å². The second-order valence-electron chi connectivity index (χ2n) is 8.29. The summed E-state index contributed by atoms with van der Waals surface area (Å²) in [6, 6.07) is 3.94. The van der Waals surface area contributed by atoms with E-state index in [0.717, 1.165) is 45.1 Å². The first kappa shape index (κ1) is 20.9. The van der Waals surface area contributed by atoms with E-state index >= 15 is 0 Å². The van der Waals surface area contributed by atoms with Crippen molar-refractivity contribution in [2.24, 2.45) is 16.6 Å². The molecular weight excluding hydrogens is 381 g/mol. The van der Waals surface area contributed by atoms with Gasteiger partial charge in [0.05, 0.1) is 24.3 Å². The first-order valence-corrected chi connectivity index (χ1v) is 10.8. The van der Waals surface area contributed by atoms with Crippen molar-refractivity contribution < 1.29 is 9.13 Å². The molecule has 30 heavy (non-hydrogen) atoms. The highest BCUT2D eigenvalue weighted by molar-refractivity contribution is 5.87. The molecule has 2 aromatic heterocycles. The van der Waals surface area contributed by atoms with E-state index in [1.165, 1.54) is 11.9 Å². The number of methoxy groups -OCH3 is 1. The summed E-state index contributed by atoms with van der Waals surface area (Å²) in [5.74, 6) is 0.483. The molecule has 1 saturated carbocycles. The maximum atomic E-state index is 14.6. The van der Waals surface area contributed by atoms with Gasteiger partial charge >= 0.3 is 0 Å². The average molecular weight is 412 g/mol. The number of aliphatic imine (C=N–C) groups is 1.